The zero-order valence-electron chi connectivity index (χ0n) is 66.2. The van der Waals surface area contributed by atoms with Crippen molar-refractivity contribution in [1.29, 1.82) is 0 Å². The van der Waals surface area contributed by atoms with Crippen LogP contribution in [0.4, 0.5) is 17.1 Å². The van der Waals surface area contributed by atoms with Crippen molar-refractivity contribution in [1.82, 2.24) is 63.7 Å². The van der Waals surface area contributed by atoms with Gasteiger partial charge in [-0.15, -0.1) is 0 Å². The van der Waals surface area contributed by atoms with Crippen LogP contribution >= 0.6 is 104 Å². The van der Waals surface area contributed by atoms with Gasteiger partial charge >= 0.3 is 17.9 Å². The van der Waals surface area contributed by atoms with Gasteiger partial charge in [0.05, 0.1) is 167 Å². The molecule has 4 N–H and O–H groups in total. The summed E-state index contributed by atoms with van der Waals surface area (Å²) in [5.41, 5.74) is 18.9. The number of carboxylic acids is 1. The third-order valence-electron chi connectivity index (χ3n) is 20.3. The highest BCUT2D eigenvalue weighted by atomic mass is 35.5. The minimum atomic E-state index is -1.04. The lowest BCUT2D eigenvalue weighted by molar-refractivity contribution is 0.0516. The summed E-state index contributed by atoms with van der Waals surface area (Å²) < 4.78 is 44.3. The van der Waals surface area contributed by atoms with Crippen LogP contribution < -0.4 is 35.2 Å². The molecule has 0 unspecified atom stereocenters. The molecule has 14 aromatic rings. The summed E-state index contributed by atoms with van der Waals surface area (Å²) in [6, 6.07) is 36.6. The second-order valence-electron chi connectivity index (χ2n) is 28.3. The van der Waals surface area contributed by atoms with Crippen LogP contribution in [-0.4, -0.2) is 193 Å². The molecular formula is C86H76Cl9N17O12. The molecule has 5 aliphatic heterocycles. The largest absolute Gasteiger partial charge is 0.493 e. The van der Waals surface area contributed by atoms with Crippen molar-refractivity contribution < 1.29 is 57.4 Å². The fourth-order valence-electron chi connectivity index (χ4n) is 14.7. The number of carbonyl (C=O) groups is 4. The Kier molecular flexibility index (Phi) is 28.4. The maximum absolute atomic E-state index is 13.7. The van der Waals surface area contributed by atoms with E-state index in [0.717, 1.165) is 75.0 Å². The molecule has 1 amide bonds. The van der Waals surface area contributed by atoms with Crippen molar-refractivity contribution in [2.45, 2.75) is 38.8 Å². The van der Waals surface area contributed by atoms with E-state index >= 15 is 0 Å². The van der Waals surface area contributed by atoms with Gasteiger partial charge in [0.15, 0.2) is 22.6 Å². The first-order valence-electron chi connectivity index (χ1n) is 39.1. The number of benzene rings is 6. The highest BCUT2D eigenvalue weighted by Gasteiger charge is 2.32. The summed E-state index contributed by atoms with van der Waals surface area (Å²) in [6.45, 7) is 12.4. The molecule has 0 bridgehead atoms. The SMILES string of the molecule is CCOC(=O)c1cnn2c(-c3cc(Cl)cc(Cl)c3)cnc2c1Cl.CCOC(=O)c1cnn2c(-c3cc(Cl)cc(Cl)c3)cnc2c1N1CCOCC1.N[C@H]1CCOc2ccccc21.O=C(N[C@H]1CCOc2ccccc21)c1cnn2c(-c3cc(Cl)cc(Cl)c3)cnc2c1N1CCOCC1.O=C(O)c1cnn2c(-c3cc(Cl)cc(Cl)c3)cnc2c1N1CCOCC1. The van der Waals surface area contributed by atoms with Crippen LogP contribution in [0.3, 0.4) is 0 Å². The first kappa shape index (κ1) is 88.0. The Labute approximate surface area is 754 Å². The van der Waals surface area contributed by atoms with Gasteiger partial charge in [-0.2, -0.15) is 20.4 Å². The fraction of sp³-hybridized carbons (Fsp3) is 0.256. The topological polar surface area (TPSA) is 322 Å². The van der Waals surface area contributed by atoms with Gasteiger partial charge in [-0.05, 0) is 98.8 Å². The Morgan fingerprint density at radius 3 is 1.13 bits per heavy atom. The first-order valence-corrected chi connectivity index (χ1v) is 42.5. The average molecular weight is 1860 g/mol. The number of amides is 1. The number of aromatic carboxylic acids is 1. The molecule has 19 rings (SSSR count). The zero-order chi connectivity index (χ0) is 86.8. The standard InChI is InChI=1S/C26H23Cl2N5O3.C19H18Cl2N4O3.C17H14Cl2N4O3.C15H10Cl3N3O2.C9H11NO/c27-17-11-16(12-18(28)13-17)22-15-29-25-24(32-6-9-35-10-7-32)20(14-30-33(22)25)26(34)31-21-5-8-36-23-4-2-1-3-19(21)23;1-2-28-19(26)15-10-23-25-16(12-7-13(20)9-14(21)8-12)11-22-18(25)17(15)24-3-5-27-6-4-24;18-11-5-10(6-12(19)7-11)14-9-20-16-15(22-1-3-26-4-2-22)13(17(24)25)8-21-23(14)16;1-2-23-15(22)11-6-20-21-12(7-19-14(21)13(11)18)8-3-9(16)5-10(17)4-8;10-8-5-6-11-9-4-2-1-3-7(8)9/h1-4,11-15,21H,5-10H2,(H,31,34);7-11H,2-6H2,1H3;5-9H,1-4H2,(H,24,25);3-7H,2H2,1H3;1-4,8H,5-6,10H2/t21-;;;;8-/m0...0/s1. The second-order valence-corrected chi connectivity index (χ2v) is 32.1. The number of halogens is 9. The van der Waals surface area contributed by atoms with E-state index in [1.54, 1.807) is 119 Å². The summed E-state index contributed by atoms with van der Waals surface area (Å²) >= 11 is 55.3. The Morgan fingerprint density at radius 2 is 0.734 bits per heavy atom. The van der Waals surface area contributed by atoms with Gasteiger partial charge in [-0.25, -0.2) is 52.4 Å². The van der Waals surface area contributed by atoms with Gasteiger partial charge in [0.25, 0.3) is 5.91 Å². The highest BCUT2D eigenvalue weighted by Crippen LogP contribution is 2.40. The lowest BCUT2D eigenvalue weighted by Gasteiger charge is -2.31. The normalized spacial score (nSPS) is 15.4. The Hall–Kier alpha value is -10.9. The van der Waals surface area contributed by atoms with Crippen molar-refractivity contribution in [3.05, 3.63) is 249 Å². The maximum Gasteiger partial charge on any atom is 0.342 e. The van der Waals surface area contributed by atoms with Gasteiger partial charge < -0.3 is 64.0 Å². The number of aromatic nitrogens is 12. The summed E-state index contributed by atoms with van der Waals surface area (Å²) in [5.74, 6) is -0.460. The van der Waals surface area contributed by atoms with Crippen molar-refractivity contribution in [2.75, 3.05) is 120 Å². The number of esters is 2. The number of nitrogens with two attached hydrogens (primary N) is 1. The minimum absolute atomic E-state index is 0.112. The average Bonchev–Trinajstić information content (AvgIpc) is 1.59. The number of fused-ring (bicyclic) bond motifs is 6. The van der Waals surface area contributed by atoms with E-state index in [2.05, 4.69) is 55.4 Å². The van der Waals surface area contributed by atoms with E-state index < -0.39 is 17.9 Å². The number of nitrogens with one attached hydrogen (secondary N) is 1. The quantitative estimate of drug-likeness (QED) is 0.0852. The molecule has 13 heterocycles. The lowest BCUT2D eigenvalue weighted by Crippen LogP contribution is -2.39. The number of hydrogen-bond donors (Lipinski definition) is 3. The van der Waals surface area contributed by atoms with Crippen LogP contribution in [0.15, 0.2) is 171 Å². The number of morpholine rings is 3. The van der Waals surface area contributed by atoms with Crippen molar-refractivity contribution in [3.63, 3.8) is 0 Å². The lowest BCUT2D eigenvalue weighted by atomic mass is 10.00. The van der Waals surface area contributed by atoms with Gasteiger partial charge in [0, 0.05) is 132 Å². The van der Waals surface area contributed by atoms with Crippen LogP contribution in [0.5, 0.6) is 11.5 Å². The van der Waals surface area contributed by atoms with Crippen LogP contribution in [0.2, 0.25) is 45.2 Å². The van der Waals surface area contributed by atoms with Crippen LogP contribution in [0, 0.1) is 0 Å². The predicted molar refractivity (Wildman–Crippen MR) is 477 cm³/mol. The molecule has 38 heteroatoms. The van der Waals surface area contributed by atoms with E-state index in [-0.39, 0.29) is 47.4 Å². The molecule has 3 saturated heterocycles. The number of ether oxygens (including phenoxy) is 7. The van der Waals surface area contributed by atoms with Crippen LogP contribution in [0.1, 0.15) is 91.3 Å². The summed E-state index contributed by atoms with van der Waals surface area (Å²) in [6.07, 6.45) is 14.1. The van der Waals surface area contributed by atoms with Gasteiger partial charge in [-0.1, -0.05) is 141 Å². The molecule has 124 heavy (non-hydrogen) atoms. The smallest absolute Gasteiger partial charge is 0.342 e. The van der Waals surface area contributed by atoms with Crippen molar-refractivity contribution in [2.24, 2.45) is 5.73 Å². The Morgan fingerprint density at radius 1 is 0.411 bits per heavy atom. The maximum atomic E-state index is 13.7. The summed E-state index contributed by atoms with van der Waals surface area (Å²) in [4.78, 5) is 73.9. The predicted octanol–water partition coefficient (Wildman–Crippen LogP) is 17.7. The molecule has 2 atom stereocenters. The van der Waals surface area contributed by atoms with Crippen LogP contribution in [0.25, 0.3) is 67.6 Å². The second kappa shape index (κ2) is 40.0. The number of nitrogens with zero attached hydrogens (tertiary/aromatic N) is 15. The van der Waals surface area contributed by atoms with E-state index in [9.17, 15) is 24.3 Å². The molecule has 6 aromatic carbocycles. The first-order chi connectivity index (χ1) is 60.1. The van der Waals surface area contributed by atoms with E-state index in [1.165, 1.54) is 23.1 Å². The van der Waals surface area contributed by atoms with Crippen molar-refractivity contribution in [3.8, 4) is 56.5 Å². The number of carbonyl (C=O) groups excluding carboxylic acids is 3. The molecule has 0 spiro atoms. The molecule has 0 radical (unpaired) electrons. The summed E-state index contributed by atoms with van der Waals surface area (Å²) in [7, 11) is 0. The molecule has 29 nitrogen and oxygen atoms in total. The third-order valence-corrected chi connectivity index (χ3v) is 22.5. The molecule has 3 fully saturated rings. The molecule has 0 aliphatic carbocycles. The third kappa shape index (κ3) is 19.8. The summed E-state index contributed by atoms with van der Waals surface area (Å²) in [5, 5.41) is 34.6. The van der Waals surface area contributed by atoms with Gasteiger partial charge in [-0.3, -0.25) is 4.79 Å². The highest BCUT2D eigenvalue weighted by molar-refractivity contribution is 6.38. The van der Waals surface area contributed by atoms with E-state index in [1.807, 2.05) is 65.6 Å². The number of imidazole rings is 4. The number of rotatable bonds is 14. The van der Waals surface area contributed by atoms with Crippen molar-refractivity contribution >= 4 is 168 Å². The molecule has 8 aromatic heterocycles. The van der Waals surface area contributed by atoms with E-state index in [0.29, 0.717) is 189 Å². The van der Waals surface area contributed by atoms with Gasteiger partial charge in [0.2, 0.25) is 0 Å². The fourth-order valence-corrected chi connectivity index (χ4v) is 17.0. The number of hydrogen-bond acceptors (Lipinski definition) is 23. The minimum Gasteiger partial charge on any atom is -0.493 e. The molecule has 5 aliphatic rings. The Balaban J connectivity index is 0.000000124. The number of para-hydroxylation sites is 2. The number of anilines is 3. The molecule has 640 valence electrons. The monoisotopic (exact) mass is 1850 g/mol. The molecular weight excluding hydrogens is 1780 g/mol. The number of carboxylic acid groups (broad SMARTS) is 1. The van der Waals surface area contributed by atoms with Crippen LogP contribution in [-0.2, 0) is 23.7 Å². The Bertz CT molecular complexity index is 6240. The molecule has 0 saturated carbocycles. The van der Waals surface area contributed by atoms with Gasteiger partial charge in [0.1, 0.15) is 33.2 Å². The van der Waals surface area contributed by atoms with E-state index in [4.69, 9.17) is 143 Å². The zero-order valence-corrected chi connectivity index (χ0v) is 73.0.